The molecule has 7 heteroatoms. The van der Waals surface area contributed by atoms with Crippen molar-refractivity contribution in [2.24, 2.45) is 0 Å². The lowest BCUT2D eigenvalue weighted by Gasteiger charge is -2.35. The van der Waals surface area contributed by atoms with E-state index in [4.69, 9.17) is 4.74 Å². The van der Waals surface area contributed by atoms with Crippen LogP contribution in [0.2, 0.25) is 0 Å². The number of anilines is 1. The molecule has 0 aromatic heterocycles. The molecule has 2 rings (SSSR count). The zero-order chi connectivity index (χ0) is 17.2. The molecular formula is C16H24N2O4S. The monoisotopic (exact) mass is 340 g/mol. The summed E-state index contributed by atoms with van der Waals surface area (Å²) in [5.74, 6) is -0.195. The van der Waals surface area contributed by atoms with E-state index in [-0.39, 0.29) is 5.91 Å². The smallest absolute Gasteiger partial charge is 0.246 e. The Morgan fingerprint density at radius 1 is 1.26 bits per heavy atom. The van der Waals surface area contributed by atoms with E-state index in [1.165, 1.54) is 4.31 Å². The van der Waals surface area contributed by atoms with Crippen LogP contribution in [0.1, 0.15) is 18.1 Å². The molecule has 1 saturated heterocycles. The van der Waals surface area contributed by atoms with Crippen LogP contribution in [0.15, 0.2) is 18.2 Å². The van der Waals surface area contributed by atoms with Gasteiger partial charge in [-0.2, -0.15) is 0 Å². The summed E-state index contributed by atoms with van der Waals surface area (Å²) < 4.78 is 31.2. The number of benzene rings is 1. The molecule has 0 radical (unpaired) electrons. The fraction of sp³-hybridized carbons (Fsp3) is 0.562. The van der Waals surface area contributed by atoms with Crippen molar-refractivity contribution >= 4 is 21.6 Å². The van der Waals surface area contributed by atoms with Crippen LogP contribution < -0.4 is 4.31 Å². The van der Waals surface area contributed by atoms with Gasteiger partial charge in [-0.1, -0.05) is 12.1 Å². The topological polar surface area (TPSA) is 66.9 Å². The molecule has 128 valence electrons. The molecule has 1 heterocycles. The summed E-state index contributed by atoms with van der Waals surface area (Å²) in [5.41, 5.74) is 2.33. The lowest BCUT2D eigenvalue weighted by atomic mass is 10.1. The highest BCUT2D eigenvalue weighted by molar-refractivity contribution is 7.92. The Balaban J connectivity index is 2.39. The number of nitrogens with zero attached hydrogens (tertiary/aromatic N) is 2. The van der Waals surface area contributed by atoms with Crippen molar-refractivity contribution in [2.45, 2.75) is 26.8 Å². The molecule has 23 heavy (non-hydrogen) atoms. The molecule has 1 aromatic rings. The number of carbonyl (C=O) groups excluding carboxylic acids is 1. The zero-order valence-corrected chi connectivity index (χ0v) is 14.9. The van der Waals surface area contributed by atoms with Crippen LogP contribution in [0.3, 0.4) is 0 Å². The second-order valence-electron chi connectivity index (χ2n) is 5.96. The first kappa shape index (κ1) is 17.7. The molecule has 0 saturated carbocycles. The van der Waals surface area contributed by atoms with Crippen LogP contribution in [0.4, 0.5) is 5.69 Å². The van der Waals surface area contributed by atoms with Crippen molar-refractivity contribution in [1.29, 1.82) is 0 Å². The SMILES string of the molecule is Cc1ccc(C)c(N([C@H](C)C(=O)N2CCOCC2)S(C)(=O)=O)c1. The second-order valence-corrected chi connectivity index (χ2v) is 7.82. The van der Waals surface area contributed by atoms with Crippen LogP contribution in [0.5, 0.6) is 0 Å². The lowest BCUT2D eigenvalue weighted by molar-refractivity contribution is -0.136. The van der Waals surface area contributed by atoms with Gasteiger partial charge in [-0.3, -0.25) is 9.10 Å². The van der Waals surface area contributed by atoms with E-state index in [0.29, 0.717) is 32.0 Å². The van der Waals surface area contributed by atoms with E-state index in [1.54, 1.807) is 17.9 Å². The number of aryl methyl sites for hydroxylation is 2. The Bertz CT molecular complexity index is 681. The molecule has 1 amide bonds. The number of hydrogen-bond donors (Lipinski definition) is 0. The quantitative estimate of drug-likeness (QED) is 0.829. The Morgan fingerprint density at radius 3 is 2.43 bits per heavy atom. The van der Waals surface area contributed by atoms with E-state index in [1.807, 2.05) is 26.0 Å². The zero-order valence-electron chi connectivity index (χ0n) is 14.1. The fourth-order valence-electron chi connectivity index (χ4n) is 2.78. The number of sulfonamides is 1. The van der Waals surface area contributed by atoms with Gasteiger partial charge in [-0.25, -0.2) is 8.42 Å². The molecule has 0 bridgehead atoms. The van der Waals surface area contributed by atoms with Crippen LogP contribution in [0.25, 0.3) is 0 Å². The first-order valence-corrected chi connectivity index (χ1v) is 9.50. The van der Waals surface area contributed by atoms with E-state index < -0.39 is 16.1 Å². The molecule has 0 aliphatic carbocycles. The van der Waals surface area contributed by atoms with E-state index in [9.17, 15) is 13.2 Å². The van der Waals surface area contributed by atoms with Crippen molar-refractivity contribution in [3.63, 3.8) is 0 Å². The van der Waals surface area contributed by atoms with E-state index >= 15 is 0 Å². The first-order chi connectivity index (χ1) is 10.7. The average Bonchev–Trinajstić information content (AvgIpc) is 2.49. The Hall–Kier alpha value is -1.60. The second kappa shape index (κ2) is 6.88. The third kappa shape index (κ3) is 4.03. The third-order valence-electron chi connectivity index (χ3n) is 3.99. The van der Waals surface area contributed by atoms with Crippen molar-refractivity contribution in [2.75, 3.05) is 36.9 Å². The van der Waals surface area contributed by atoms with Gasteiger partial charge < -0.3 is 9.64 Å². The first-order valence-electron chi connectivity index (χ1n) is 7.65. The number of carbonyl (C=O) groups is 1. The third-order valence-corrected chi connectivity index (χ3v) is 5.22. The maximum Gasteiger partial charge on any atom is 0.246 e. The van der Waals surface area contributed by atoms with Gasteiger partial charge in [0.1, 0.15) is 6.04 Å². The van der Waals surface area contributed by atoms with Gasteiger partial charge in [0.15, 0.2) is 0 Å². The molecule has 1 aromatic carbocycles. The highest BCUT2D eigenvalue weighted by atomic mass is 32.2. The maximum absolute atomic E-state index is 12.7. The normalized spacial score (nSPS) is 17.0. The predicted molar refractivity (Wildman–Crippen MR) is 90.1 cm³/mol. The molecule has 0 unspecified atom stereocenters. The Labute approximate surface area is 138 Å². The Kier molecular flexibility index (Phi) is 5.31. The summed E-state index contributed by atoms with van der Waals surface area (Å²) in [4.78, 5) is 14.4. The van der Waals surface area contributed by atoms with Gasteiger partial charge in [0.25, 0.3) is 0 Å². The molecule has 6 nitrogen and oxygen atoms in total. The number of amides is 1. The number of morpholine rings is 1. The van der Waals surface area contributed by atoms with Crippen LogP contribution in [-0.4, -0.2) is 57.8 Å². The summed E-state index contributed by atoms with van der Waals surface area (Å²) in [6.45, 7) is 7.35. The minimum atomic E-state index is -3.59. The highest BCUT2D eigenvalue weighted by Crippen LogP contribution is 2.27. The van der Waals surface area contributed by atoms with Crippen LogP contribution in [0, 0.1) is 13.8 Å². The van der Waals surface area contributed by atoms with Crippen LogP contribution in [-0.2, 0) is 19.6 Å². The minimum Gasteiger partial charge on any atom is -0.378 e. The summed E-state index contributed by atoms with van der Waals surface area (Å²) >= 11 is 0. The van der Waals surface area contributed by atoms with Crippen molar-refractivity contribution in [3.8, 4) is 0 Å². The molecule has 1 atom stereocenters. The summed E-state index contributed by atoms with van der Waals surface area (Å²) in [6.07, 6.45) is 1.14. The highest BCUT2D eigenvalue weighted by Gasteiger charge is 2.33. The van der Waals surface area contributed by atoms with Gasteiger partial charge in [-0.15, -0.1) is 0 Å². The van der Waals surface area contributed by atoms with Gasteiger partial charge in [-0.05, 0) is 38.0 Å². The standard InChI is InChI=1S/C16H24N2O4S/c1-12-5-6-13(2)15(11-12)18(23(4,20)21)14(3)16(19)17-7-9-22-10-8-17/h5-6,11,14H,7-10H2,1-4H3/t14-/m1/s1. The van der Waals surface area contributed by atoms with Crippen LogP contribution >= 0.6 is 0 Å². The van der Waals surface area contributed by atoms with E-state index in [2.05, 4.69) is 0 Å². The molecule has 1 aliphatic rings. The molecule has 0 spiro atoms. The molecular weight excluding hydrogens is 316 g/mol. The van der Waals surface area contributed by atoms with Gasteiger partial charge >= 0.3 is 0 Å². The molecule has 0 N–H and O–H groups in total. The largest absolute Gasteiger partial charge is 0.378 e. The Morgan fingerprint density at radius 2 is 1.87 bits per heavy atom. The fourth-order valence-corrected chi connectivity index (χ4v) is 4.00. The number of ether oxygens (including phenoxy) is 1. The molecule has 1 aliphatic heterocycles. The van der Waals surface area contributed by atoms with Crippen molar-refractivity contribution in [3.05, 3.63) is 29.3 Å². The van der Waals surface area contributed by atoms with Crippen molar-refractivity contribution < 1.29 is 17.9 Å². The lowest BCUT2D eigenvalue weighted by Crippen LogP contribution is -2.52. The van der Waals surface area contributed by atoms with E-state index in [0.717, 1.165) is 17.4 Å². The predicted octanol–water partition coefficient (Wildman–Crippen LogP) is 1.32. The summed E-state index contributed by atoms with van der Waals surface area (Å²) in [5, 5.41) is 0. The summed E-state index contributed by atoms with van der Waals surface area (Å²) in [7, 11) is -3.59. The van der Waals surface area contributed by atoms with Gasteiger partial charge in [0.05, 0.1) is 25.2 Å². The maximum atomic E-state index is 12.7. The summed E-state index contributed by atoms with van der Waals surface area (Å²) in [6, 6.07) is 4.81. The van der Waals surface area contributed by atoms with Gasteiger partial charge in [0, 0.05) is 13.1 Å². The molecule has 1 fully saturated rings. The minimum absolute atomic E-state index is 0.195. The number of hydrogen-bond acceptors (Lipinski definition) is 4. The average molecular weight is 340 g/mol. The van der Waals surface area contributed by atoms with Gasteiger partial charge in [0.2, 0.25) is 15.9 Å². The van der Waals surface area contributed by atoms with Crippen molar-refractivity contribution in [1.82, 2.24) is 4.90 Å². The number of rotatable bonds is 4.